The Balaban J connectivity index is 1.90. The fraction of sp³-hybridized carbons (Fsp3) is 0.357. The van der Waals surface area contributed by atoms with Crippen LogP contribution in [0.15, 0.2) is 30.7 Å². The smallest absolute Gasteiger partial charge is 0.315 e. The van der Waals surface area contributed by atoms with E-state index in [1.807, 2.05) is 32.3 Å². The first-order chi connectivity index (χ1) is 9.69. The predicted molar refractivity (Wildman–Crippen MR) is 77.0 cm³/mol. The van der Waals surface area contributed by atoms with Crippen molar-refractivity contribution in [3.8, 4) is 11.3 Å². The third-order valence-corrected chi connectivity index (χ3v) is 2.81. The maximum atomic E-state index is 11.4. The molecule has 0 aliphatic rings. The van der Waals surface area contributed by atoms with E-state index in [1.165, 1.54) is 0 Å². The number of hydrogen-bond acceptors (Lipinski definition) is 3. The van der Waals surface area contributed by atoms with Crippen molar-refractivity contribution >= 4 is 6.03 Å². The highest BCUT2D eigenvalue weighted by molar-refractivity contribution is 5.73. The van der Waals surface area contributed by atoms with Crippen molar-refractivity contribution in [3.63, 3.8) is 0 Å². The molecule has 2 heterocycles. The average molecular weight is 273 g/mol. The van der Waals surface area contributed by atoms with E-state index in [2.05, 4.69) is 20.7 Å². The van der Waals surface area contributed by atoms with Crippen molar-refractivity contribution < 1.29 is 4.79 Å². The summed E-state index contributed by atoms with van der Waals surface area (Å²) in [6.07, 6.45) is 6.38. The molecule has 0 saturated carbocycles. The second kappa shape index (κ2) is 6.70. The SMILES string of the molecule is CCCNC(=O)NCc1ccc(-c2cnn(C)c2)nc1. The molecule has 2 aromatic rings. The van der Waals surface area contributed by atoms with Gasteiger partial charge in [-0.2, -0.15) is 5.10 Å². The van der Waals surface area contributed by atoms with Gasteiger partial charge in [0.15, 0.2) is 0 Å². The fourth-order valence-corrected chi connectivity index (χ4v) is 1.74. The number of amides is 2. The number of pyridine rings is 1. The Labute approximate surface area is 118 Å². The summed E-state index contributed by atoms with van der Waals surface area (Å²) in [7, 11) is 1.87. The van der Waals surface area contributed by atoms with Crippen LogP contribution in [0, 0.1) is 0 Å². The van der Waals surface area contributed by atoms with Gasteiger partial charge in [0.1, 0.15) is 0 Å². The number of urea groups is 1. The summed E-state index contributed by atoms with van der Waals surface area (Å²) in [6.45, 7) is 3.17. The number of carbonyl (C=O) groups is 1. The van der Waals surface area contributed by atoms with Crippen LogP contribution in [0.3, 0.4) is 0 Å². The summed E-state index contributed by atoms with van der Waals surface area (Å²) in [5.41, 5.74) is 2.81. The molecule has 0 fully saturated rings. The van der Waals surface area contributed by atoms with Crippen LogP contribution in [0.4, 0.5) is 4.79 Å². The number of nitrogens with zero attached hydrogens (tertiary/aromatic N) is 3. The van der Waals surface area contributed by atoms with Gasteiger partial charge in [-0.05, 0) is 18.1 Å². The zero-order chi connectivity index (χ0) is 14.4. The highest BCUT2D eigenvalue weighted by Gasteiger charge is 2.03. The quantitative estimate of drug-likeness (QED) is 0.870. The molecule has 2 rings (SSSR count). The monoisotopic (exact) mass is 273 g/mol. The summed E-state index contributed by atoms with van der Waals surface area (Å²) < 4.78 is 1.74. The Kier molecular flexibility index (Phi) is 4.70. The summed E-state index contributed by atoms with van der Waals surface area (Å²) in [4.78, 5) is 15.8. The van der Waals surface area contributed by atoms with Crippen molar-refractivity contribution in [2.24, 2.45) is 7.05 Å². The van der Waals surface area contributed by atoms with E-state index in [0.29, 0.717) is 13.1 Å². The highest BCUT2D eigenvalue weighted by Crippen LogP contribution is 2.15. The van der Waals surface area contributed by atoms with Gasteiger partial charge < -0.3 is 10.6 Å². The molecule has 0 saturated heterocycles. The van der Waals surface area contributed by atoms with E-state index < -0.39 is 0 Å². The Morgan fingerprint density at radius 1 is 1.30 bits per heavy atom. The first-order valence-electron chi connectivity index (χ1n) is 6.64. The largest absolute Gasteiger partial charge is 0.338 e. The van der Waals surface area contributed by atoms with Crippen LogP contribution >= 0.6 is 0 Å². The van der Waals surface area contributed by atoms with Crippen molar-refractivity contribution in [1.82, 2.24) is 25.4 Å². The molecular weight excluding hydrogens is 254 g/mol. The van der Waals surface area contributed by atoms with E-state index in [0.717, 1.165) is 23.2 Å². The van der Waals surface area contributed by atoms with Gasteiger partial charge in [0.05, 0.1) is 11.9 Å². The van der Waals surface area contributed by atoms with Gasteiger partial charge in [-0.1, -0.05) is 13.0 Å². The summed E-state index contributed by atoms with van der Waals surface area (Å²) in [5.74, 6) is 0. The van der Waals surface area contributed by atoms with Crippen molar-refractivity contribution in [2.75, 3.05) is 6.54 Å². The van der Waals surface area contributed by atoms with Crippen LogP contribution in [0.1, 0.15) is 18.9 Å². The molecule has 0 spiro atoms. The molecule has 6 nitrogen and oxygen atoms in total. The molecule has 0 atom stereocenters. The molecule has 2 amide bonds. The fourth-order valence-electron chi connectivity index (χ4n) is 1.74. The van der Waals surface area contributed by atoms with Crippen LogP contribution in [0.2, 0.25) is 0 Å². The van der Waals surface area contributed by atoms with Gasteiger partial charge in [0.2, 0.25) is 0 Å². The molecule has 20 heavy (non-hydrogen) atoms. The normalized spacial score (nSPS) is 10.3. The lowest BCUT2D eigenvalue weighted by molar-refractivity contribution is 0.240. The number of rotatable bonds is 5. The van der Waals surface area contributed by atoms with E-state index in [1.54, 1.807) is 17.1 Å². The summed E-state index contributed by atoms with van der Waals surface area (Å²) >= 11 is 0. The van der Waals surface area contributed by atoms with Gasteiger partial charge in [-0.15, -0.1) is 0 Å². The molecule has 0 unspecified atom stereocenters. The van der Waals surface area contributed by atoms with Gasteiger partial charge in [0.25, 0.3) is 0 Å². The maximum absolute atomic E-state index is 11.4. The van der Waals surface area contributed by atoms with E-state index in [9.17, 15) is 4.79 Å². The second-order valence-electron chi connectivity index (χ2n) is 4.56. The Morgan fingerprint density at radius 2 is 2.15 bits per heavy atom. The van der Waals surface area contributed by atoms with Crippen LogP contribution in [0.25, 0.3) is 11.3 Å². The summed E-state index contributed by atoms with van der Waals surface area (Å²) in [5, 5.41) is 9.67. The van der Waals surface area contributed by atoms with Gasteiger partial charge in [0, 0.05) is 38.1 Å². The van der Waals surface area contributed by atoms with Crippen molar-refractivity contribution in [1.29, 1.82) is 0 Å². The Hall–Kier alpha value is -2.37. The minimum atomic E-state index is -0.150. The molecule has 2 N–H and O–H groups in total. The second-order valence-corrected chi connectivity index (χ2v) is 4.56. The van der Waals surface area contributed by atoms with E-state index >= 15 is 0 Å². The van der Waals surface area contributed by atoms with Crippen LogP contribution < -0.4 is 10.6 Å². The van der Waals surface area contributed by atoms with Gasteiger partial charge in [-0.25, -0.2) is 4.79 Å². The molecular formula is C14H19N5O. The van der Waals surface area contributed by atoms with Crippen LogP contribution in [-0.2, 0) is 13.6 Å². The molecule has 6 heteroatoms. The molecule has 0 aromatic carbocycles. The number of hydrogen-bond donors (Lipinski definition) is 2. The Morgan fingerprint density at radius 3 is 2.75 bits per heavy atom. The predicted octanol–water partition coefficient (Wildman–Crippen LogP) is 1.69. The van der Waals surface area contributed by atoms with Crippen molar-refractivity contribution in [3.05, 3.63) is 36.3 Å². The van der Waals surface area contributed by atoms with Crippen LogP contribution in [0.5, 0.6) is 0 Å². The first-order valence-corrected chi connectivity index (χ1v) is 6.64. The zero-order valence-electron chi connectivity index (χ0n) is 11.8. The topological polar surface area (TPSA) is 71.8 Å². The lowest BCUT2D eigenvalue weighted by Crippen LogP contribution is -2.35. The molecule has 0 aliphatic heterocycles. The third-order valence-electron chi connectivity index (χ3n) is 2.81. The number of nitrogens with one attached hydrogen (secondary N) is 2. The van der Waals surface area contributed by atoms with Gasteiger partial charge >= 0.3 is 6.03 Å². The number of aryl methyl sites for hydroxylation is 1. The molecule has 2 aromatic heterocycles. The molecule has 0 radical (unpaired) electrons. The standard InChI is InChI=1S/C14H19N5O/c1-3-6-15-14(20)17-8-11-4-5-13(16-7-11)12-9-18-19(2)10-12/h4-5,7,9-10H,3,6,8H2,1-2H3,(H2,15,17,20). The minimum Gasteiger partial charge on any atom is -0.338 e. The molecule has 0 bridgehead atoms. The third kappa shape index (κ3) is 3.81. The van der Waals surface area contributed by atoms with Gasteiger partial charge in [-0.3, -0.25) is 9.67 Å². The Bertz CT molecular complexity index is 561. The molecule has 106 valence electrons. The average Bonchev–Trinajstić information content (AvgIpc) is 2.90. The number of carbonyl (C=O) groups excluding carboxylic acids is 1. The van der Waals surface area contributed by atoms with E-state index in [-0.39, 0.29) is 6.03 Å². The lowest BCUT2D eigenvalue weighted by atomic mass is 10.2. The summed E-state index contributed by atoms with van der Waals surface area (Å²) in [6, 6.07) is 3.73. The zero-order valence-corrected chi connectivity index (χ0v) is 11.8. The van der Waals surface area contributed by atoms with Crippen molar-refractivity contribution in [2.45, 2.75) is 19.9 Å². The maximum Gasteiger partial charge on any atom is 0.315 e. The van der Waals surface area contributed by atoms with Crippen LogP contribution in [-0.4, -0.2) is 27.3 Å². The lowest BCUT2D eigenvalue weighted by Gasteiger charge is -2.06. The molecule has 0 aliphatic carbocycles. The first kappa shape index (κ1) is 14.0. The number of aromatic nitrogens is 3. The minimum absolute atomic E-state index is 0.150. The highest BCUT2D eigenvalue weighted by atomic mass is 16.2. The van der Waals surface area contributed by atoms with E-state index in [4.69, 9.17) is 0 Å².